The number of aromatic amines is 1. The fourth-order valence-corrected chi connectivity index (χ4v) is 3.84. The van der Waals surface area contributed by atoms with Gasteiger partial charge in [-0.15, -0.1) is 0 Å². The van der Waals surface area contributed by atoms with Crippen LogP contribution in [0.4, 0.5) is 0 Å². The average molecular weight is 364 g/mol. The lowest BCUT2D eigenvalue weighted by atomic mass is 9.85. The Hall–Kier alpha value is -2.89. The van der Waals surface area contributed by atoms with E-state index in [4.69, 9.17) is 4.42 Å². The number of carbonyl (C=O) groups is 1. The summed E-state index contributed by atoms with van der Waals surface area (Å²) in [5.41, 5.74) is 2.70. The molecule has 3 heterocycles. The Kier molecular flexibility index (Phi) is 5.32. The summed E-state index contributed by atoms with van der Waals surface area (Å²) in [7, 11) is 0. The van der Waals surface area contributed by atoms with E-state index in [1.165, 1.54) is 19.3 Å². The third-order valence-electron chi connectivity index (χ3n) is 5.25. The van der Waals surface area contributed by atoms with Gasteiger partial charge < -0.3 is 9.32 Å². The number of rotatable bonds is 6. The van der Waals surface area contributed by atoms with Gasteiger partial charge in [-0.1, -0.05) is 19.3 Å². The van der Waals surface area contributed by atoms with Crippen LogP contribution in [0, 0.1) is 0 Å². The van der Waals surface area contributed by atoms with Crippen LogP contribution in [0.1, 0.15) is 65.4 Å². The highest BCUT2D eigenvalue weighted by Crippen LogP contribution is 2.33. The van der Waals surface area contributed by atoms with Crippen LogP contribution in [-0.4, -0.2) is 26.0 Å². The van der Waals surface area contributed by atoms with E-state index >= 15 is 0 Å². The number of hydrogen-bond donors (Lipinski definition) is 1. The molecule has 140 valence electrons. The van der Waals surface area contributed by atoms with Crippen molar-refractivity contribution in [3.8, 4) is 0 Å². The van der Waals surface area contributed by atoms with Crippen molar-refractivity contribution in [3.05, 3.63) is 71.7 Å². The molecule has 1 saturated carbocycles. The summed E-state index contributed by atoms with van der Waals surface area (Å²) < 4.78 is 5.49. The van der Waals surface area contributed by atoms with Crippen molar-refractivity contribution in [2.45, 2.75) is 51.1 Å². The van der Waals surface area contributed by atoms with Crippen molar-refractivity contribution in [3.63, 3.8) is 0 Å². The molecule has 0 spiro atoms. The number of aromatic nitrogens is 3. The topological polar surface area (TPSA) is 75.0 Å². The van der Waals surface area contributed by atoms with Gasteiger partial charge in [0.2, 0.25) is 0 Å². The number of pyridine rings is 1. The largest absolute Gasteiger partial charge is 0.467 e. The first-order chi connectivity index (χ1) is 13.3. The van der Waals surface area contributed by atoms with Gasteiger partial charge in [0.1, 0.15) is 5.76 Å². The summed E-state index contributed by atoms with van der Waals surface area (Å²) in [4.78, 5) is 19.3. The van der Waals surface area contributed by atoms with Crippen molar-refractivity contribution in [2.75, 3.05) is 0 Å². The minimum atomic E-state index is -0.0162. The molecule has 3 aromatic rings. The Morgan fingerprint density at radius 3 is 2.70 bits per heavy atom. The molecule has 0 saturated heterocycles. The number of nitrogens with one attached hydrogen (secondary N) is 1. The van der Waals surface area contributed by atoms with E-state index in [1.807, 2.05) is 29.2 Å². The van der Waals surface area contributed by atoms with Gasteiger partial charge in [-0.2, -0.15) is 5.10 Å². The molecule has 1 amide bonds. The summed E-state index contributed by atoms with van der Waals surface area (Å²) >= 11 is 0. The van der Waals surface area contributed by atoms with Crippen molar-refractivity contribution in [1.29, 1.82) is 0 Å². The molecule has 0 unspecified atom stereocenters. The zero-order valence-corrected chi connectivity index (χ0v) is 15.3. The second-order valence-electron chi connectivity index (χ2n) is 7.13. The molecule has 0 radical (unpaired) electrons. The van der Waals surface area contributed by atoms with Gasteiger partial charge in [0.05, 0.1) is 30.3 Å². The number of amides is 1. The minimum Gasteiger partial charge on any atom is -0.467 e. The van der Waals surface area contributed by atoms with E-state index in [2.05, 4.69) is 15.2 Å². The maximum absolute atomic E-state index is 13.4. The summed E-state index contributed by atoms with van der Waals surface area (Å²) in [6, 6.07) is 7.60. The third kappa shape index (κ3) is 4.10. The van der Waals surface area contributed by atoms with Crippen LogP contribution in [0.3, 0.4) is 0 Å². The standard InChI is InChI=1S/C21H24N4O2/c26-21(19-13-23-24-20(19)17-5-2-1-3-6-17)25(15-18-7-4-12-27-18)14-16-8-10-22-11-9-16/h4,7-13,17H,1-3,5-6,14-15H2,(H,23,24). The highest BCUT2D eigenvalue weighted by molar-refractivity contribution is 5.95. The summed E-state index contributed by atoms with van der Waals surface area (Å²) in [6.07, 6.45) is 12.7. The molecule has 27 heavy (non-hydrogen) atoms. The fourth-order valence-electron chi connectivity index (χ4n) is 3.84. The Bertz CT molecular complexity index is 851. The molecule has 0 atom stereocenters. The molecule has 0 aliphatic heterocycles. The molecule has 1 aliphatic carbocycles. The maximum Gasteiger partial charge on any atom is 0.258 e. The lowest BCUT2D eigenvalue weighted by molar-refractivity contribution is 0.0715. The molecule has 0 bridgehead atoms. The second kappa shape index (κ2) is 8.20. The molecule has 1 aliphatic rings. The predicted molar refractivity (Wildman–Crippen MR) is 101 cm³/mol. The average Bonchev–Trinajstić information content (AvgIpc) is 3.40. The molecule has 0 aromatic carbocycles. The number of carbonyl (C=O) groups excluding carboxylic acids is 1. The monoisotopic (exact) mass is 364 g/mol. The second-order valence-corrected chi connectivity index (χ2v) is 7.13. The van der Waals surface area contributed by atoms with Gasteiger partial charge in [0.15, 0.2) is 0 Å². The first kappa shape index (κ1) is 17.5. The molecule has 6 nitrogen and oxygen atoms in total. The van der Waals surface area contributed by atoms with E-state index in [1.54, 1.807) is 24.9 Å². The molecule has 3 aromatic heterocycles. The summed E-state index contributed by atoms with van der Waals surface area (Å²) in [6.45, 7) is 0.917. The molecule has 1 fully saturated rings. The van der Waals surface area contributed by atoms with E-state index < -0.39 is 0 Å². The van der Waals surface area contributed by atoms with E-state index in [0.717, 1.165) is 29.9 Å². The normalized spacial score (nSPS) is 15.0. The van der Waals surface area contributed by atoms with Crippen molar-refractivity contribution < 1.29 is 9.21 Å². The first-order valence-electron chi connectivity index (χ1n) is 9.55. The minimum absolute atomic E-state index is 0.0162. The van der Waals surface area contributed by atoms with Crippen LogP contribution >= 0.6 is 0 Å². The lowest BCUT2D eigenvalue weighted by Gasteiger charge is -2.25. The quantitative estimate of drug-likeness (QED) is 0.708. The number of H-pyrrole nitrogens is 1. The lowest BCUT2D eigenvalue weighted by Crippen LogP contribution is -2.30. The zero-order chi connectivity index (χ0) is 18.5. The van der Waals surface area contributed by atoms with Crippen LogP contribution in [0.25, 0.3) is 0 Å². The van der Waals surface area contributed by atoms with Crippen molar-refractivity contribution in [2.24, 2.45) is 0 Å². The van der Waals surface area contributed by atoms with Crippen LogP contribution in [0.5, 0.6) is 0 Å². The van der Waals surface area contributed by atoms with E-state index in [0.29, 0.717) is 24.6 Å². The number of nitrogens with zero attached hydrogens (tertiary/aromatic N) is 3. The third-order valence-corrected chi connectivity index (χ3v) is 5.25. The van der Waals surface area contributed by atoms with Crippen LogP contribution < -0.4 is 0 Å². The van der Waals surface area contributed by atoms with Crippen LogP contribution in [-0.2, 0) is 13.1 Å². The van der Waals surface area contributed by atoms with Gasteiger partial charge in [-0.3, -0.25) is 14.9 Å². The van der Waals surface area contributed by atoms with Crippen LogP contribution in [0.2, 0.25) is 0 Å². The fraction of sp³-hybridized carbons (Fsp3) is 0.381. The Morgan fingerprint density at radius 2 is 1.96 bits per heavy atom. The molecule has 1 N–H and O–H groups in total. The maximum atomic E-state index is 13.4. The number of hydrogen-bond acceptors (Lipinski definition) is 4. The Labute approximate surface area is 158 Å². The Balaban J connectivity index is 1.59. The van der Waals surface area contributed by atoms with E-state index in [-0.39, 0.29) is 5.91 Å². The highest BCUT2D eigenvalue weighted by atomic mass is 16.3. The summed E-state index contributed by atoms with van der Waals surface area (Å²) in [5.74, 6) is 1.14. The van der Waals surface area contributed by atoms with Gasteiger partial charge in [-0.05, 0) is 42.7 Å². The van der Waals surface area contributed by atoms with E-state index in [9.17, 15) is 4.79 Å². The van der Waals surface area contributed by atoms with Gasteiger partial charge >= 0.3 is 0 Å². The van der Waals surface area contributed by atoms with Gasteiger partial charge in [0.25, 0.3) is 5.91 Å². The van der Waals surface area contributed by atoms with Crippen molar-refractivity contribution in [1.82, 2.24) is 20.1 Å². The first-order valence-corrected chi connectivity index (χ1v) is 9.55. The zero-order valence-electron chi connectivity index (χ0n) is 15.3. The smallest absolute Gasteiger partial charge is 0.258 e. The molecule has 6 heteroatoms. The number of furan rings is 1. The van der Waals surface area contributed by atoms with Gasteiger partial charge in [0, 0.05) is 24.9 Å². The Morgan fingerprint density at radius 1 is 1.15 bits per heavy atom. The van der Waals surface area contributed by atoms with Gasteiger partial charge in [-0.25, -0.2) is 0 Å². The van der Waals surface area contributed by atoms with Crippen LogP contribution in [0.15, 0.2) is 53.5 Å². The molecular weight excluding hydrogens is 340 g/mol. The molecule has 4 rings (SSSR count). The highest BCUT2D eigenvalue weighted by Gasteiger charge is 2.27. The SMILES string of the molecule is O=C(c1cn[nH]c1C1CCCCC1)N(Cc1ccncc1)Cc1ccco1. The summed E-state index contributed by atoms with van der Waals surface area (Å²) in [5, 5.41) is 7.30. The van der Waals surface area contributed by atoms with Crippen molar-refractivity contribution >= 4 is 5.91 Å². The molecular formula is C21H24N4O2. The predicted octanol–water partition coefficient (Wildman–Crippen LogP) is 4.29.